The third-order valence-corrected chi connectivity index (χ3v) is 3.70. The van der Waals surface area contributed by atoms with Gasteiger partial charge in [0.1, 0.15) is 0 Å². The zero-order chi connectivity index (χ0) is 9.42. The summed E-state index contributed by atoms with van der Waals surface area (Å²) in [6.45, 7) is 0. The summed E-state index contributed by atoms with van der Waals surface area (Å²) in [6.07, 6.45) is 0. The second-order valence-electron chi connectivity index (χ2n) is 2.37. The fourth-order valence-electron chi connectivity index (χ4n) is 0.967. The molecule has 0 aliphatic carbocycles. The largest absolute Gasteiger partial charge is 0.225 e. The molecule has 0 N–H and O–H groups in total. The maximum atomic E-state index is 10.6. The molecular formula is C7H4ClNO2S2. The second-order valence-corrected chi connectivity index (χ2v) is 5.07. The predicted molar refractivity (Wildman–Crippen MR) is 53.2 cm³/mol. The third kappa shape index (κ3) is 1.67. The minimum Gasteiger partial charge on any atom is -0.225 e. The van der Waals surface area contributed by atoms with E-state index in [1.807, 2.05) is 0 Å². The third-order valence-electron chi connectivity index (χ3n) is 1.49. The fourth-order valence-corrected chi connectivity index (χ4v) is 2.60. The number of thiazole rings is 1. The van der Waals surface area contributed by atoms with Crippen LogP contribution in [0.4, 0.5) is 0 Å². The van der Waals surface area contributed by atoms with Crippen LogP contribution >= 0.6 is 22.9 Å². The molecule has 1 aromatic carbocycles. The van der Waals surface area contributed by atoms with Gasteiger partial charge in [-0.15, -0.1) is 11.3 Å². The first-order valence-corrected chi connectivity index (χ1v) is 5.74. The van der Waals surface area contributed by atoms with Crippen LogP contribution in [0.15, 0.2) is 22.5 Å². The summed E-state index contributed by atoms with van der Waals surface area (Å²) in [5.74, 6) is 0. The van der Waals surface area contributed by atoms with Gasteiger partial charge in [0.15, 0.2) is 10.7 Å². The van der Waals surface area contributed by atoms with Gasteiger partial charge in [0.25, 0.3) is 0 Å². The maximum Gasteiger partial charge on any atom is 0.207 e. The highest BCUT2D eigenvalue weighted by Gasteiger charge is 2.05. The molecule has 1 aromatic heterocycles. The van der Waals surface area contributed by atoms with E-state index in [0.717, 1.165) is 16.0 Å². The van der Waals surface area contributed by atoms with Crippen molar-refractivity contribution in [3.63, 3.8) is 0 Å². The Morgan fingerprint density at radius 1 is 1.38 bits per heavy atom. The van der Waals surface area contributed by atoms with E-state index in [0.29, 0.717) is 10.5 Å². The van der Waals surface area contributed by atoms with Gasteiger partial charge >= 0.3 is 0 Å². The molecule has 0 fully saturated rings. The van der Waals surface area contributed by atoms with Gasteiger partial charge in [0, 0.05) is 5.02 Å². The minimum atomic E-state index is -2.59. The van der Waals surface area contributed by atoms with Crippen LogP contribution in [0.2, 0.25) is 5.02 Å². The molecule has 68 valence electrons. The molecule has 0 spiro atoms. The van der Waals surface area contributed by atoms with Crippen molar-refractivity contribution < 1.29 is 8.42 Å². The zero-order valence-electron chi connectivity index (χ0n) is 6.23. The highest BCUT2D eigenvalue weighted by molar-refractivity contribution is 7.75. The molecule has 6 heteroatoms. The highest BCUT2D eigenvalue weighted by Crippen LogP contribution is 2.25. The maximum absolute atomic E-state index is 10.6. The monoisotopic (exact) mass is 233 g/mol. The molecule has 2 aromatic rings. The van der Waals surface area contributed by atoms with Gasteiger partial charge in [-0.25, -0.2) is 13.4 Å². The van der Waals surface area contributed by atoms with E-state index in [9.17, 15) is 8.42 Å². The number of rotatable bonds is 1. The molecule has 0 aliphatic rings. The Labute approximate surface area is 84.9 Å². The predicted octanol–water partition coefficient (Wildman–Crippen LogP) is 1.92. The molecule has 0 saturated heterocycles. The lowest BCUT2D eigenvalue weighted by Crippen LogP contribution is -1.75. The lowest BCUT2D eigenvalue weighted by Gasteiger charge is -1.86. The fraction of sp³-hybridized carbons (Fsp3) is 0. The van der Waals surface area contributed by atoms with Crippen LogP contribution in [-0.4, -0.2) is 13.4 Å². The van der Waals surface area contributed by atoms with E-state index in [1.165, 1.54) is 0 Å². The van der Waals surface area contributed by atoms with E-state index in [-0.39, 0.29) is 4.34 Å². The molecule has 0 amide bonds. The lowest BCUT2D eigenvalue weighted by molar-refractivity contribution is 0.614. The molecule has 0 bridgehead atoms. The van der Waals surface area contributed by atoms with E-state index >= 15 is 0 Å². The van der Waals surface area contributed by atoms with Crippen LogP contribution in [0.25, 0.3) is 10.2 Å². The summed E-state index contributed by atoms with van der Waals surface area (Å²) in [4.78, 5) is 3.91. The summed E-state index contributed by atoms with van der Waals surface area (Å²) in [5, 5.41) is 0.561. The molecule has 0 unspecified atom stereocenters. The lowest BCUT2D eigenvalue weighted by atomic mass is 10.3. The first-order chi connectivity index (χ1) is 6.16. The van der Waals surface area contributed by atoms with Crippen LogP contribution in [0.1, 0.15) is 0 Å². The van der Waals surface area contributed by atoms with E-state index in [4.69, 9.17) is 11.6 Å². The summed E-state index contributed by atoms with van der Waals surface area (Å²) >= 11 is 6.87. The van der Waals surface area contributed by atoms with E-state index in [1.54, 1.807) is 18.2 Å². The average Bonchev–Trinajstić information content (AvgIpc) is 2.46. The summed E-state index contributed by atoms with van der Waals surface area (Å²) in [7, 11) is -2.59. The van der Waals surface area contributed by atoms with Crippen LogP contribution in [-0.2, 0) is 10.7 Å². The van der Waals surface area contributed by atoms with Gasteiger partial charge in [-0.1, -0.05) is 11.6 Å². The van der Waals surface area contributed by atoms with Crippen molar-refractivity contribution in [2.45, 2.75) is 4.34 Å². The summed E-state index contributed by atoms with van der Waals surface area (Å²) in [6, 6.07) is 5.12. The zero-order valence-corrected chi connectivity index (χ0v) is 8.70. The smallest absolute Gasteiger partial charge is 0.207 e. The highest BCUT2D eigenvalue weighted by atomic mass is 35.5. The second kappa shape index (κ2) is 3.25. The molecule has 0 atom stereocenters. The van der Waals surface area contributed by atoms with E-state index < -0.39 is 10.7 Å². The SMILES string of the molecule is O=[SH](=O)c1nc2cc(Cl)ccc2s1. The molecule has 0 saturated carbocycles. The van der Waals surface area contributed by atoms with Crippen molar-refractivity contribution >= 4 is 43.9 Å². The Hall–Kier alpha value is -0.650. The van der Waals surface area contributed by atoms with Gasteiger partial charge in [0.05, 0.1) is 10.2 Å². The number of hydrogen-bond acceptors (Lipinski definition) is 4. The van der Waals surface area contributed by atoms with Crippen LogP contribution in [0.3, 0.4) is 0 Å². The molecular weight excluding hydrogens is 230 g/mol. The minimum absolute atomic E-state index is 0.132. The van der Waals surface area contributed by atoms with Gasteiger partial charge < -0.3 is 0 Å². The normalized spacial score (nSPS) is 11.2. The number of hydrogen-bond donors (Lipinski definition) is 1. The van der Waals surface area contributed by atoms with Crippen molar-refractivity contribution in [1.82, 2.24) is 4.98 Å². The Morgan fingerprint density at radius 2 is 2.15 bits per heavy atom. The number of fused-ring (bicyclic) bond motifs is 1. The Balaban J connectivity index is 2.75. The molecule has 3 nitrogen and oxygen atoms in total. The Bertz CT molecular complexity index is 524. The van der Waals surface area contributed by atoms with Crippen molar-refractivity contribution in [2.75, 3.05) is 0 Å². The number of thiol groups is 1. The van der Waals surface area contributed by atoms with Crippen LogP contribution < -0.4 is 0 Å². The first kappa shape index (κ1) is 8.93. The van der Waals surface area contributed by atoms with Gasteiger partial charge in [-0.3, -0.25) is 0 Å². The van der Waals surface area contributed by atoms with Crippen molar-refractivity contribution in [3.8, 4) is 0 Å². The Kier molecular flexibility index (Phi) is 2.23. The molecule has 13 heavy (non-hydrogen) atoms. The van der Waals surface area contributed by atoms with Crippen molar-refractivity contribution in [1.29, 1.82) is 0 Å². The Morgan fingerprint density at radius 3 is 2.85 bits per heavy atom. The van der Waals surface area contributed by atoms with Gasteiger partial charge in [-0.2, -0.15) is 0 Å². The van der Waals surface area contributed by atoms with Crippen molar-refractivity contribution in [3.05, 3.63) is 23.2 Å². The summed E-state index contributed by atoms with van der Waals surface area (Å²) < 4.78 is 22.2. The molecule has 0 aliphatic heterocycles. The van der Waals surface area contributed by atoms with E-state index in [2.05, 4.69) is 4.98 Å². The summed E-state index contributed by atoms with van der Waals surface area (Å²) in [5.41, 5.74) is 0.631. The van der Waals surface area contributed by atoms with Gasteiger partial charge in [-0.05, 0) is 18.2 Å². The van der Waals surface area contributed by atoms with Crippen molar-refractivity contribution in [2.24, 2.45) is 0 Å². The number of halogens is 1. The van der Waals surface area contributed by atoms with Gasteiger partial charge in [0.2, 0.25) is 4.34 Å². The topological polar surface area (TPSA) is 47.0 Å². The standard InChI is InChI=1S/C7H4ClNO2S2/c8-4-1-2-6-5(3-4)9-7(12-6)13(10)11/h1-3,13H. The van der Waals surface area contributed by atoms with Crippen LogP contribution in [0, 0.1) is 0 Å². The average molecular weight is 234 g/mol. The number of benzene rings is 1. The molecule has 1 heterocycles. The quantitative estimate of drug-likeness (QED) is 0.766. The number of aromatic nitrogens is 1. The first-order valence-electron chi connectivity index (χ1n) is 3.37. The van der Waals surface area contributed by atoms with Crippen LogP contribution in [0.5, 0.6) is 0 Å². The number of nitrogens with zero attached hydrogens (tertiary/aromatic N) is 1. The molecule has 0 radical (unpaired) electrons. The molecule has 2 rings (SSSR count).